The van der Waals surface area contributed by atoms with Crippen LogP contribution >= 0.6 is 7.60 Å². The molecule has 4 rings (SSSR count). The summed E-state index contributed by atoms with van der Waals surface area (Å²) in [5, 5.41) is 0. The highest BCUT2D eigenvalue weighted by Crippen LogP contribution is 2.60. The Morgan fingerprint density at radius 1 is 1.44 bits per heavy atom. The highest BCUT2D eigenvalue weighted by atomic mass is 31.2. The van der Waals surface area contributed by atoms with E-state index >= 15 is 0 Å². The largest absolute Gasteiger partial charge is 0.476 e. The van der Waals surface area contributed by atoms with Gasteiger partial charge in [-0.15, -0.1) is 0 Å². The van der Waals surface area contributed by atoms with E-state index in [1.807, 2.05) is 27.7 Å². The molecule has 2 unspecified atom stereocenters. The molecule has 2 aliphatic rings. The molecular formula is C16H24N5O5P. The maximum Gasteiger partial charge on any atom is 0.333 e. The third-order valence-corrected chi connectivity index (χ3v) is 7.24. The van der Waals surface area contributed by atoms with Crippen molar-refractivity contribution in [1.82, 2.24) is 19.5 Å². The average molecular weight is 397 g/mol. The van der Waals surface area contributed by atoms with Crippen LogP contribution in [0.2, 0.25) is 0 Å². The third kappa shape index (κ3) is 3.00. The Hall–Kier alpha value is -1.74. The van der Waals surface area contributed by atoms with Crippen LogP contribution in [0.25, 0.3) is 11.2 Å². The number of imidazole rings is 1. The normalized spacial score (nSPS) is 33.5. The van der Waals surface area contributed by atoms with Crippen LogP contribution in [-0.4, -0.2) is 50.6 Å². The van der Waals surface area contributed by atoms with E-state index in [-0.39, 0.29) is 36.3 Å². The van der Waals surface area contributed by atoms with E-state index in [2.05, 4.69) is 15.0 Å². The fourth-order valence-electron chi connectivity index (χ4n) is 3.48. The van der Waals surface area contributed by atoms with E-state index in [1.165, 1.54) is 0 Å². The Morgan fingerprint density at radius 3 is 2.93 bits per heavy atom. The molecule has 0 radical (unpaired) electrons. The predicted octanol–water partition coefficient (Wildman–Crippen LogP) is 2.36. The van der Waals surface area contributed by atoms with Crippen LogP contribution < -0.4 is 10.5 Å². The molecule has 0 bridgehead atoms. The summed E-state index contributed by atoms with van der Waals surface area (Å²) in [6.07, 6.45) is 0.577. The molecule has 2 aromatic heterocycles. The molecular weight excluding hydrogens is 373 g/mol. The minimum Gasteiger partial charge on any atom is -0.476 e. The van der Waals surface area contributed by atoms with Crippen LogP contribution in [0.1, 0.15) is 33.9 Å². The van der Waals surface area contributed by atoms with Gasteiger partial charge in [-0.3, -0.25) is 9.13 Å². The molecule has 0 spiro atoms. The van der Waals surface area contributed by atoms with Crippen molar-refractivity contribution < 1.29 is 23.1 Å². The Balaban J connectivity index is 1.68. The molecule has 0 amide bonds. The fourth-order valence-corrected chi connectivity index (χ4v) is 5.10. The molecule has 2 fully saturated rings. The highest BCUT2D eigenvalue weighted by Gasteiger charge is 2.52. The molecule has 0 aliphatic carbocycles. The number of aromatic nitrogens is 4. The summed E-state index contributed by atoms with van der Waals surface area (Å²) in [4.78, 5) is 12.8. The lowest BCUT2D eigenvalue weighted by Crippen LogP contribution is -2.37. The third-order valence-electron chi connectivity index (χ3n) is 4.93. The topological polar surface area (TPSA) is 124 Å². The van der Waals surface area contributed by atoms with Crippen molar-refractivity contribution in [3.8, 4) is 5.88 Å². The summed E-state index contributed by atoms with van der Waals surface area (Å²) in [6.45, 7) is 8.18. The summed E-state index contributed by atoms with van der Waals surface area (Å²) in [5.41, 5.74) is 6.67. The van der Waals surface area contributed by atoms with E-state index in [4.69, 9.17) is 24.3 Å². The van der Waals surface area contributed by atoms with Gasteiger partial charge >= 0.3 is 7.60 Å². The van der Waals surface area contributed by atoms with Crippen molar-refractivity contribution in [3.05, 3.63) is 6.33 Å². The summed E-state index contributed by atoms with van der Waals surface area (Å²) in [7, 11) is -3.14. The number of ether oxygens (including phenoxy) is 2. The zero-order chi connectivity index (χ0) is 19.3. The number of hydrogen-bond acceptors (Lipinski definition) is 9. The quantitative estimate of drug-likeness (QED) is 0.774. The Morgan fingerprint density at radius 2 is 2.22 bits per heavy atom. The molecule has 11 heteroatoms. The van der Waals surface area contributed by atoms with Crippen LogP contribution in [0.15, 0.2) is 6.33 Å². The minimum atomic E-state index is -3.14. The van der Waals surface area contributed by atoms with Crippen LogP contribution in [0.4, 0.5) is 5.95 Å². The molecule has 0 aromatic carbocycles. The molecule has 2 aromatic rings. The zero-order valence-electron chi connectivity index (χ0n) is 15.7. The Labute approximate surface area is 156 Å². The Kier molecular flexibility index (Phi) is 4.62. The SMILES string of the molecule is CCOc1nc(N)nc2c1ncn2[C@@H]1O[C@@H]2COP(=O)(C(C)C)OC2[C@@H]1C. The summed E-state index contributed by atoms with van der Waals surface area (Å²) >= 11 is 0. The van der Waals surface area contributed by atoms with Crippen molar-refractivity contribution >= 4 is 24.7 Å². The highest BCUT2D eigenvalue weighted by molar-refractivity contribution is 7.54. The number of anilines is 1. The van der Waals surface area contributed by atoms with Gasteiger partial charge in [-0.2, -0.15) is 9.97 Å². The lowest BCUT2D eigenvalue weighted by Gasteiger charge is -2.34. The number of nitrogens with zero attached hydrogens (tertiary/aromatic N) is 4. The smallest absolute Gasteiger partial charge is 0.333 e. The summed E-state index contributed by atoms with van der Waals surface area (Å²) in [6, 6.07) is 0. The molecule has 2 aliphatic heterocycles. The van der Waals surface area contributed by atoms with E-state index < -0.39 is 13.8 Å². The maximum absolute atomic E-state index is 12.8. The molecule has 2 saturated heterocycles. The van der Waals surface area contributed by atoms with Gasteiger partial charge in [-0.1, -0.05) is 20.8 Å². The first-order chi connectivity index (χ1) is 12.8. The van der Waals surface area contributed by atoms with Crippen molar-refractivity contribution in [1.29, 1.82) is 0 Å². The second-order valence-corrected chi connectivity index (χ2v) is 9.65. The van der Waals surface area contributed by atoms with Crippen molar-refractivity contribution in [2.75, 3.05) is 18.9 Å². The van der Waals surface area contributed by atoms with Crippen molar-refractivity contribution in [2.45, 2.75) is 51.8 Å². The minimum absolute atomic E-state index is 0.0879. The lowest BCUT2D eigenvalue weighted by molar-refractivity contribution is -0.0577. The van der Waals surface area contributed by atoms with Gasteiger partial charge in [-0.25, -0.2) is 4.98 Å². The molecule has 10 nitrogen and oxygen atoms in total. The van der Waals surface area contributed by atoms with E-state index in [9.17, 15) is 4.57 Å². The first-order valence-electron chi connectivity index (χ1n) is 9.05. The van der Waals surface area contributed by atoms with E-state index in [0.29, 0.717) is 23.7 Å². The lowest BCUT2D eigenvalue weighted by atomic mass is 10.0. The van der Waals surface area contributed by atoms with Gasteiger partial charge in [0.15, 0.2) is 11.2 Å². The zero-order valence-corrected chi connectivity index (χ0v) is 16.6. The van der Waals surface area contributed by atoms with Gasteiger partial charge in [0.1, 0.15) is 18.4 Å². The van der Waals surface area contributed by atoms with Crippen molar-refractivity contribution in [3.63, 3.8) is 0 Å². The second kappa shape index (κ2) is 6.70. The average Bonchev–Trinajstić information content (AvgIpc) is 3.16. The number of rotatable bonds is 4. The number of fused-ring (bicyclic) bond motifs is 2. The molecule has 4 heterocycles. The second-order valence-electron chi connectivity index (χ2n) is 7.07. The van der Waals surface area contributed by atoms with Gasteiger partial charge in [0, 0.05) is 5.92 Å². The first kappa shape index (κ1) is 18.6. The van der Waals surface area contributed by atoms with Gasteiger partial charge in [0.05, 0.1) is 25.2 Å². The fraction of sp³-hybridized carbons (Fsp3) is 0.688. The standard InChI is InChI=1S/C16H24N5O5P/c1-5-23-14-11-13(19-16(17)20-14)21(7-18-11)15-9(4)12-10(25-15)6-24-27(22,26-12)8(2)3/h7-10,12,15H,5-6H2,1-4H3,(H2,17,19,20)/t9-,10+,12?,15+,27?/m0/s1. The first-order valence-corrected chi connectivity index (χ1v) is 10.7. The predicted molar refractivity (Wildman–Crippen MR) is 97.5 cm³/mol. The van der Waals surface area contributed by atoms with Crippen LogP contribution in [0.3, 0.4) is 0 Å². The van der Waals surface area contributed by atoms with Crippen LogP contribution in [0.5, 0.6) is 5.88 Å². The van der Waals surface area contributed by atoms with Gasteiger partial charge in [0.2, 0.25) is 11.8 Å². The number of nitrogens with two attached hydrogens (primary N) is 1. The number of nitrogen functional groups attached to an aromatic ring is 1. The van der Waals surface area contributed by atoms with Crippen molar-refractivity contribution in [2.24, 2.45) is 5.92 Å². The molecule has 0 saturated carbocycles. The van der Waals surface area contributed by atoms with E-state index in [1.54, 1.807) is 10.9 Å². The van der Waals surface area contributed by atoms with Crippen LogP contribution in [-0.2, 0) is 18.3 Å². The monoisotopic (exact) mass is 397 g/mol. The molecule has 27 heavy (non-hydrogen) atoms. The number of hydrogen-bond donors (Lipinski definition) is 1. The van der Waals surface area contributed by atoms with Gasteiger partial charge < -0.3 is 24.3 Å². The molecule has 148 valence electrons. The Bertz CT molecular complexity index is 903. The summed E-state index contributed by atoms with van der Waals surface area (Å²) in [5.74, 6) is 0.348. The summed E-state index contributed by atoms with van der Waals surface area (Å²) < 4.78 is 37.7. The van der Waals surface area contributed by atoms with Gasteiger partial charge in [0.25, 0.3) is 0 Å². The van der Waals surface area contributed by atoms with Gasteiger partial charge in [-0.05, 0) is 6.92 Å². The molecule has 2 N–H and O–H groups in total. The molecule has 5 atom stereocenters. The maximum atomic E-state index is 12.8. The van der Waals surface area contributed by atoms with Crippen LogP contribution in [0, 0.1) is 5.92 Å². The van der Waals surface area contributed by atoms with E-state index in [0.717, 1.165) is 0 Å².